The summed E-state index contributed by atoms with van der Waals surface area (Å²) in [5.41, 5.74) is 4.28. The Morgan fingerprint density at radius 3 is 2.61 bits per heavy atom. The van der Waals surface area contributed by atoms with Gasteiger partial charge in [0.15, 0.2) is 0 Å². The average Bonchev–Trinajstić information content (AvgIpc) is 2.74. The van der Waals surface area contributed by atoms with Crippen LogP contribution in [0.15, 0.2) is 72.9 Å². The summed E-state index contributed by atoms with van der Waals surface area (Å²) in [6, 6.07) is 20.6. The summed E-state index contributed by atoms with van der Waals surface area (Å²) >= 11 is 6.39. The number of fused-ring (bicyclic) bond motifs is 1. The number of hydrogen-bond donors (Lipinski definition) is 1. The molecular weight excluding hydrogens is 370 g/mol. The minimum atomic E-state index is -0.201. The van der Waals surface area contributed by atoms with E-state index in [0.717, 1.165) is 17.7 Å². The number of aryl methyl sites for hydroxylation is 1. The highest BCUT2D eigenvalue weighted by atomic mass is 35.5. The Hall–Kier alpha value is -3.24. The summed E-state index contributed by atoms with van der Waals surface area (Å²) in [5.74, 6) is -0.201. The quantitative estimate of drug-likeness (QED) is 0.484. The number of nitrogens with one attached hydrogen (secondary N) is 1. The van der Waals surface area contributed by atoms with Crippen LogP contribution in [0.1, 0.15) is 22.8 Å². The number of nitrogens with zero attached hydrogens (tertiary/aromatic N) is 2. The number of amides is 1. The van der Waals surface area contributed by atoms with E-state index in [1.807, 2.05) is 54.6 Å². The van der Waals surface area contributed by atoms with Crippen LogP contribution in [0.5, 0.6) is 0 Å². The van der Waals surface area contributed by atoms with Gasteiger partial charge in [-0.2, -0.15) is 0 Å². The van der Waals surface area contributed by atoms with E-state index in [-0.39, 0.29) is 5.91 Å². The molecule has 4 aromatic rings. The molecule has 4 rings (SSSR count). The highest BCUT2D eigenvalue weighted by molar-refractivity contribution is 6.35. The number of hydrogen-bond acceptors (Lipinski definition) is 3. The van der Waals surface area contributed by atoms with Crippen LogP contribution >= 0.6 is 11.6 Å². The van der Waals surface area contributed by atoms with Gasteiger partial charge in [-0.05, 0) is 42.3 Å². The third-order valence-electron chi connectivity index (χ3n) is 4.61. The lowest BCUT2D eigenvalue weighted by Crippen LogP contribution is -2.14. The Morgan fingerprint density at radius 2 is 1.82 bits per heavy atom. The first-order chi connectivity index (χ1) is 13.7. The van der Waals surface area contributed by atoms with Gasteiger partial charge in [0.1, 0.15) is 0 Å². The predicted molar refractivity (Wildman–Crippen MR) is 114 cm³/mol. The van der Waals surface area contributed by atoms with E-state index in [4.69, 9.17) is 11.6 Å². The fourth-order valence-corrected chi connectivity index (χ4v) is 3.40. The molecule has 28 heavy (non-hydrogen) atoms. The molecule has 1 amide bonds. The van der Waals surface area contributed by atoms with Crippen molar-refractivity contribution in [1.29, 1.82) is 0 Å². The topological polar surface area (TPSA) is 54.9 Å². The number of benzene rings is 2. The van der Waals surface area contributed by atoms with E-state index in [1.165, 1.54) is 0 Å². The van der Waals surface area contributed by atoms with Crippen molar-refractivity contribution in [1.82, 2.24) is 9.97 Å². The summed E-state index contributed by atoms with van der Waals surface area (Å²) in [7, 11) is 0. The minimum Gasteiger partial charge on any atom is -0.322 e. The van der Waals surface area contributed by atoms with Gasteiger partial charge in [0, 0.05) is 17.3 Å². The molecule has 0 saturated carbocycles. The summed E-state index contributed by atoms with van der Waals surface area (Å²) in [4.78, 5) is 22.2. The third-order valence-corrected chi connectivity index (χ3v) is 4.91. The second-order valence-electron chi connectivity index (χ2n) is 6.37. The molecule has 0 bridgehead atoms. The van der Waals surface area contributed by atoms with Crippen LogP contribution in [0.25, 0.3) is 22.3 Å². The first kappa shape index (κ1) is 18.1. The van der Waals surface area contributed by atoms with Crippen molar-refractivity contribution in [2.75, 3.05) is 5.32 Å². The van der Waals surface area contributed by atoms with Gasteiger partial charge < -0.3 is 5.32 Å². The number of para-hydroxylation sites is 2. The Morgan fingerprint density at radius 1 is 1.00 bits per heavy atom. The lowest BCUT2D eigenvalue weighted by atomic mass is 10.0. The minimum absolute atomic E-state index is 0.201. The first-order valence-corrected chi connectivity index (χ1v) is 9.45. The van der Waals surface area contributed by atoms with Gasteiger partial charge in [0.2, 0.25) is 0 Å². The molecule has 1 N–H and O–H groups in total. The number of halogens is 1. The predicted octanol–water partition coefficient (Wildman–Crippen LogP) is 5.76. The number of carbonyl (C=O) groups excluding carboxylic acids is 1. The molecule has 0 aliphatic carbocycles. The number of anilines is 1. The SMILES string of the molecule is CCc1ccccc1NC(=O)c1cc(-c2ccccn2)nc2c(Cl)cccc12. The Kier molecular flexibility index (Phi) is 5.04. The summed E-state index contributed by atoms with van der Waals surface area (Å²) < 4.78 is 0. The van der Waals surface area contributed by atoms with Crippen molar-refractivity contribution in [3.8, 4) is 11.4 Å². The second-order valence-corrected chi connectivity index (χ2v) is 6.78. The summed E-state index contributed by atoms with van der Waals surface area (Å²) in [6.07, 6.45) is 2.53. The number of rotatable bonds is 4. The van der Waals surface area contributed by atoms with E-state index in [1.54, 1.807) is 18.3 Å². The van der Waals surface area contributed by atoms with Crippen molar-refractivity contribution in [2.24, 2.45) is 0 Å². The van der Waals surface area contributed by atoms with Crippen molar-refractivity contribution >= 4 is 34.1 Å². The maximum absolute atomic E-state index is 13.2. The molecule has 0 saturated heterocycles. The molecule has 0 aliphatic heterocycles. The molecule has 0 spiro atoms. The molecule has 2 aromatic heterocycles. The smallest absolute Gasteiger partial charge is 0.256 e. The van der Waals surface area contributed by atoms with Crippen LogP contribution < -0.4 is 5.32 Å². The normalized spacial score (nSPS) is 10.8. The largest absolute Gasteiger partial charge is 0.322 e. The van der Waals surface area contributed by atoms with E-state index in [2.05, 4.69) is 22.2 Å². The van der Waals surface area contributed by atoms with Crippen molar-refractivity contribution < 1.29 is 4.79 Å². The van der Waals surface area contributed by atoms with Crippen molar-refractivity contribution in [2.45, 2.75) is 13.3 Å². The number of aromatic nitrogens is 2. The monoisotopic (exact) mass is 387 g/mol. The molecule has 0 radical (unpaired) electrons. The summed E-state index contributed by atoms with van der Waals surface area (Å²) in [6.45, 7) is 2.06. The zero-order valence-electron chi connectivity index (χ0n) is 15.3. The van der Waals surface area contributed by atoms with E-state index >= 15 is 0 Å². The first-order valence-electron chi connectivity index (χ1n) is 9.07. The van der Waals surface area contributed by atoms with Crippen LogP contribution in [-0.4, -0.2) is 15.9 Å². The van der Waals surface area contributed by atoms with Gasteiger partial charge in [-0.25, -0.2) is 4.98 Å². The molecule has 2 heterocycles. The lowest BCUT2D eigenvalue weighted by molar-refractivity contribution is 0.102. The van der Waals surface area contributed by atoms with E-state index in [0.29, 0.717) is 32.9 Å². The highest BCUT2D eigenvalue weighted by Crippen LogP contribution is 2.29. The number of pyridine rings is 2. The fraction of sp³-hybridized carbons (Fsp3) is 0.0870. The summed E-state index contributed by atoms with van der Waals surface area (Å²) in [5, 5.41) is 4.24. The standard InChI is InChI=1S/C23H18ClN3O/c1-2-15-8-3-4-11-19(15)27-23(28)17-14-21(20-12-5-6-13-25-20)26-22-16(17)9-7-10-18(22)24/h3-14H,2H2,1H3,(H,27,28). The van der Waals surface area contributed by atoms with Gasteiger partial charge >= 0.3 is 0 Å². The third kappa shape index (κ3) is 3.47. The molecule has 5 heteroatoms. The van der Waals surface area contributed by atoms with Crippen LogP contribution in [0.4, 0.5) is 5.69 Å². The van der Waals surface area contributed by atoms with E-state index in [9.17, 15) is 4.79 Å². The van der Waals surface area contributed by atoms with Crippen LogP contribution in [-0.2, 0) is 6.42 Å². The van der Waals surface area contributed by atoms with Crippen LogP contribution in [0.2, 0.25) is 5.02 Å². The average molecular weight is 388 g/mol. The zero-order valence-corrected chi connectivity index (χ0v) is 16.1. The highest BCUT2D eigenvalue weighted by Gasteiger charge is 2.17. The molecule has 0 atom stereocenters. The Labute approximate surface area is 168 Å². The molecule has 0 unspecified atom stereocenters. The fourth-order valence-electron chi connectivity index (χ4n) is 3.19. The second kappa shape index (κ2) is 7.79. The van der Waals surface area contributed by atoms with Gasteiger partial charge in [-0.15, -0.1) is 0 Å². The molecule has 0 aliphatic rings. The molecule has 138 valence electrons. The molecule has 2 aromatic carbocycles. The van der Waals surface area contributed by atoms with Gasteiger partial charge in [0.05, 0.1) is 27.5 Å². The number of carbonyl (C=O) groups is 1. The van der Waals surface area contributed by atoms with Gasteiger partial charge in [-0.3, -0.25) is 9.78 Å². The van der Waals surface area contributed by atoms with Crippen LogP contribution in [0, 0.1) is 0 Å². The maximum Gasteiger partial charge on any atom is 0.256 e. The van der Waals surface area contributed by atoms with Crippen molar-refractivity contribution in [3.05, 3.63) is 89.1 Å². The van der Waals surface area contributed by atoms with Gasteiger partial charge in [0.25, 0.3) is 5.91 Å². The molecule has 4 nitrogen and oxygen atoms in total. The van der Waals surface area contributed by atoms with Crippen LogP contribution in [0.3, 0.4) is 0 Å². The molecular formula is C23H18ClN3O. The maximum atomic E-state index is 13.2. The zero-order chi connectivity index (χ0) is 19.5. The van der Waals surface area contributed by atoms with E-state index < -0.39 is 0 Å². The Bertz CT molecular complexity index is 1160. The molecule has 0 fully saturated rings. The lowest BCUT2D eigenvalue weighted by Gasteiger charge is -2.13. The van der Waals surface area contributed by atoms with Gasteiger partial charge in [-0.1, -0.05) is 54.9 Å². The van der Waals surface area contributed by atoms with Crippen molar-refractivity contribution in [3.63, 3.8) is 0 Å². The Balaban J connectivity index is 1.85.